The van der Waals surface area contributed by atoms with Gasteiger partial charge < -0.3 is 5.73 Å². The normalized spacial score (nSPS) is 11.1. The lowest BCUT2D eigenvalue weighted by Gasteiger charge is -2.08. The fraction of sp³-hybridized carbons (Fsp3) is 0.133. The number of hydrogen-bond donors (Lipinski definition) is 1. The van der Waals surface area contributed by atoms with Crippen molar-refractivity contribution in [2.45, 2.75) is 13.8 Å². The predicted molar refractivity (Wildman–Crippen MR) is 82.7 cm³/mol. The number of para-hydroxylation sites is 1. The molecule has 2 aromatic carbocycles. The minimum atomic E-state index is 0.516. The number of hydrogen-bond acceptors (Lipinski definition) is 2. The number of rotatable bonds is 1. The zero-order valence-electron chi connectivity index (χ0n) is 10.8. The molecule has 0 unspecified atom stereocenters. The molecule has 0 aliphatic heterocycles. The highest BCUT2D eigenvalue weighted by molar-refractivity contribution is 9.10. The van der Waals surface area contributed by atoms with Crippen molar-refractivity contribution in [3.63, 3.8) is 0 Å². The average molecular weight is 316 g/mol. The Bertz CT molecular complexity index is 754. The second-order valence-electron chi connectivity index (χ2n) is 4.73. The van der Waals surface area contributed by atoms with Crippen molar-refractivity contribution in [1.82, 2.24) is 9.55 Å². The molecular formula is C15H14BrN3. The second-order valence-corrected chi connectivity index (χ2v) is 5.65. The summed E-state index contributed by atoms with van der Waals surface area (Å²) in [6.45, 7) is 4.11. The molecular weight excluding hydrogens is 302 g/mol. The SMILES string of the molecule is Cc1cc(Br)cc(-n2c(N)nc3c(C)cccc32)c1. The molecule has 0 saturated heterocycles. The molecule has 0 saturated carbocycles. The quantitative estimate of drug-likeness (QED) is 0.738. The average Bonchev–Trinajstić information content (AvgIpc) is 2.65. The monoisotopic (exact) mass is 315 g/mol. The van der Waals surface area contributed by atoms with Crippen molar-refractivity contribution in [3.05, 3.63) is 52.0 Å². The van der Waals surface area contributed by atoms with Crippen LogP contribution < -0.4 is 5.73 Å². The van der Waals surface area contributed by atoms with E-state index in [1.807, 2.05) is 35.8 Å². The molecule has 1 heterocycles. The van der Waals surface area contributed by atoms with Gasteiger partial charge in [-0.15, -0.1) is 0 Å². The lowest BCUT2D eigenvalue weighted by Crippen LogP contribution is -2.00. The van der Waals surface area contributed by atoms with Gasteiger partial charge in [-0.2, -0.15) is 0 Å². The molecule has 0 fully saturated rings. The van der Waals surface area contributed by atoms with Gasteiger partial charge in [0.2, 0.25) is 5.95 Å². The molecule has 3 aromatic rings. The Labute approximate surface area is 120 Å². The summed E-state index contributed by atoms with van der Waals surface area (Å²) >= 11 is 3.53. The van der Waals surface area contributed by atoms with Crippen LogP contribution in [0, 0.1) is 13.8 Å². The number of halogens is 1. The summed E-state index contributed by atoms with van der Waals surface area (Å²) in [5.41, 5.74) is 11.4. The van der Waals surface area contributed by atoms with Crippen LogP contribution in [0.15, 0.2) is 40.9 Å². The first kappa shape index (κ1) is 12.2. The Morgan fingerprint density at radius 2 is 1.95 bits per heavy atom. The van der Waals surface area contributed by atoms with Gasteiger partial charge in [-0.3, -0.25) is 4.57 Å². The molecule has 96 valence electrons. The van der Waals surface area contributed by atoms with Gasteiger partial charge in [-0.1, -0.05) is 28.1 Å². The maximum absolute atomic E-state index is 6.09. The summed E-state index contributed by atoms with van der Waals surface area (Å²) in [6, 6.07) is 12.3. The zero-order chi connectivity index (χ0) is 13.6. The Kier molecular flexibility index (Phi) is 2.82. The minimum Gasteiger partial charge on any atom is -0.369 e. The third-order valence-electron chi connectivity index (χ3n) is 3.20. The molecule has 0 atom stereocenters. The number of fused-ring (bicyclic) bond motifs is 1. The number of aryl methyl sites for hydroxylation is 2. The van der Waals surface area contributed by atoms with Crippen LogP contribution in [0.5, 0.6) is 0 Å². The molecule has 1 aromatic heterocycles. The maximum Gasteiger partial charge on any atom is 0.205 e. The number of imidazole rings is 1. The van der Waals surface area contributed by atoms with Crippen LogP contribution in [0.25, 0.3) is 16.7 Å². The van der Waals surface area contributed by atoms with Crippen molar-refractivity contribution >= 4 is 32.9 Å². The molecule has 4 heteroatoms. The molecule has 0 amide bonds. The summed E-state index contributed by atoms with van der Waals surface area (Å²) in [5.74, 6) is 0.516. The second kappa shape index (κ2) is 4.38. The molecule has 2 N–H and O–H groups in total. The van der Waals surface area contributed by atoms with E-state index >= 15 is 0 Å². The van der Waals surface area contributed by atoms with E-state index in [1.54, 1.807) is 0 Å². The Morgan fingerprint density at radius 3 is 2.68 bits per heavy atom. The highest BCUT2D eigenvalue weighted by Gasteiger charge is 2.11. The van der Waals surface area contributed by atoms with Crippen LogP contribution in [-0.4, -0.2) is 9.55 Å². The standard InChI is InChI=1S/C15H14BrN3/c1-9-6-11(16)8-12(7-9)19-13-5-3-4-10(2)14(13)18-15(19)17/h3-8H,1-2H3,(H2,17,18). The summed E-state index contributed by atoms with van der Waals surface area (Å²) in [4.78, 5) is 4.47. The van der Waals surface area contributed by atoms with Crippen molar-refractivity contribution in [3.8, 4) is 5.69 Å². The highest BCUT2D eigenvalue weighted by atomic mass is 79.9. The first-order chi connectivity index (χ1) is 9.06. The van der Waals surface area contributed by atoms with Gasteiger partial charge in [0, 0.05) is 4.47 Å². The third-order valence-corrected chi connectivity index (χ3v) is 3.66. The van der Waals surface area contributed by atoms with E-state index in [1.165, 1.54) is 5.56 Å². The van der Waals surface area contributed by atoms with E-state index in [9.17, 15) is 0 Å². The van der Waals surface area contributed by atoms with Crippen molar-refractivity contribution < 1.29 is 0 Å². The first-order valence-electron chi connectivity index (χ1n) is 6.07. The number of nitrogen functional groups attached to an aromatic ring is 1. The summed E-state index contributed by atoms with van der Waals surface area (Å²) in [5, 5.41) is 0. The van der Waals surface area contributed by atoms with Gasteiger partial charge in [-0.25, -0.2) is 4.98 Å². The van der Waals surface area contributed by atoms with E-state index in [0.717, 1.165) is 26.8 Å². The number of aromatic nitrogens is 2. The van der Waals surface area contributed by atoms with Crippen LogP contribution in [0.1, 0.15) is 11.1 Å². The van der Waals surface area contributed by atoms with Crippen LogP contribution >= 0.6 is 15.9 Å². The predicted octanol–water partition coefficient (Wildman–Crippen LogP) is 3.99. The molecule has 3 rings (SSSR count). The fourth-order valence-electron chi connectivity index (χ4n) is 2.37. The van der Waals surface area contributed by atoms with E-state index in [2.05, 4.69) is 40.0 Å². The lowest BCUT2D eigenvalue weighted by molar-refractivity contribution is 1.10. The Hall–Kier alpha value is -1.81. The molecule has 0 bridgehead atoms. The van der Waals surface area contributed by atoms with Gasteiger partial charge in [-0.05, 0) is 49.2 Å². The zero-order valence-corrected chi connectivity index (χ0v) is 12.4. The van der Waals surface area contributed by atoms with Crippen molar-refractivity contribution in [2.24, 2.45) is 0 Å². The Morgan fingerprint density at radius 1 is 1.16 bits per heavy atom. The van der Waals surface area contributed by atoms with E-state index in [-0.39, 0.29) is 0 Å². The number of benzene rings is 2. The smallest absolute Gasteiger partial charge is 0.205 e. The highest BCUT2D eigenvalue weighted by Crippen LogP contribution is 2.27. The molecule has 0 aliphatic rings. The topological polar surface area (TPSA) is 43.8 Å². The number of nitrogens with two attached hydrogens (primary N) is 1. The molecule has 3 nitrogen and oxygen atoms in total. The summed E-state index contributed by atoms with van der Waals surface area (Å²) < 4.78 is 3.02. The van der Waals surface area contributed by atoms with Crippen LogP contribution in [0.3, 0.4) is 0 Å². The molecule has 19 heavy (non-hydrogen) atoms. The molecule has 0 aliphatic carbocycles. The largest absolute Gasteiger partial charge is 0.369 e. The fourth-order valence-corrected chi connectivity index (χ4v) is 2.97. The Balaban J connectivity index is 2.36. The summed E-state index contributed by atoms with van der Waals surface area (Å²) in [6.07, 6.45) is 0. The van der Waals surface area contributed by atoms with Gasteiger partial charge in [0.1, 0.15) is 0 Å². The maximum atomic E-state index is 6.09. The van der Waals surface area contributed by atoms with Crippen molar-refractivity contribution in [1.29, 1.82) is 0 Å². The number of anilines is 1. The van der Waals surface area contributed by atoms with Gasteiger partial charge in [0.05, 0.1) is 16.7 Å². The third kappa shape index (κ3) is 2.02. The van der Waals surface area contributed by atoms with Crippen molar-refractivity contribution in [2.75, 3.05) is 5.73 Å². The molecule has 0 radical (unpaired) electrons. The van der Waals surface area contributed by atoms with Crippen LogP contribution in [-0.2, 0) is 0 Å². The summed E-state index contributed by atoms with van der Waals surface area (Å²) in [7, 11) is 0. The lowest BCUT2D eigenvalue weighted by atomic mass is 10.2. The van der Waals surface area contributed by atoms with Gasteiger partial charge in [0.15, 0.2) is 0 Å². The minimum absolute atomic E-state index is 0.516. The van der Waals surface area contributed by atoms with Crippen LogP contribution in [0.4, 0.5) is 5.95 Å². The van der Waals surface area contributed by atoms with E-state index in [0.29, 0.717) is 5.95 Å². The molecule has 0 spiro atoms. The van der Waals surface area contributed by atoms with E-state index in [4.69, 9.17) is 5.73 Å². The van der Waals surface area contributed by atoms with Gasteiger partial charge >= 0.3 is 0 Å². The first-order valence-corrected chi connectivity index (χ1v) is 6.86. The van der Waals surface area contributed by atoms with E-state index < -0.39 is 0 Å². The number of nitrogens with zero attached hydrogens (tertiary/aromatic N) is 2. The van der Waals surface area contributed by atoms with Gasteiger partial charge in [0.25, 0.3) is 0 Å². The van der Waals surface area contributed by atoms with Crippen LogP contribution in [0.2, 0.25) is 0 Å².